The summed E-state index contributed by atoms with van der Waals surface area (Å²) in [5.41, 5.74) is 10.2. The molecule has 0 fully saturated rings. The fraction of sp³-hybridized carbons (Fsp3) is 0.0345. The van der Waals surface area contributed by atoms with Gasteiger partial charge in [-0.2, -0.15) is 0 Å². The molecule has 0 saturated carbocycles. The van der Waals surface area contributed by atoms with E-state index in [9.17, 15) is 0 Å². The molecule has 0 unspecified atom stereocenters. The van der Waals surface area contributed by atoms with Gasteiger partial charge in [0.15, 0.2) is 0 Å². The third-order valence-corrected chi connectivity index (χ3v) is 16.6. The van der Waals surface area contributed by atoms with E-state index in [1.165, 1.54) is 97.9 Å². The van der Waals surface area contributed by atoms with Gasteiger partial charge in [0.1, 0.15) is 0 Å². The van der Waals surface area contributed by atoms with Crippen LogP contribution in [0.1, 0.15) is 11.1 Å². The van der Waals surface area contributed by atoms with Gasteiger partial charge in [-0.15, -0.1) is 0 Å². The molecule has 0 aliphatic heterocycles. The Morgan fingerprint density at radius 1 is 0.283 bits per heavy atom. The molecular formula is C58H44P2. The van der Waals surface area contributed by atoms with Crippen LogP contribution >= 0.6 is 15.8 Å². The zero-order chi connectivity index (χ0) is 40.4. The van der Waals surface area contributed by atoms with E-state index in [2.05, 4.69) is 244 Å². The van der Waals surface area contributed by atoms with Gasteiger partial charge in [0.25, 0.3) is 0 Å². The minimum absolute atomic E-state index is 1.07. The second-order valence-electron chi connectivity index (χ2n) is 15.5. The third kappa shape index (κ3) is 7.18. The predicted molar refractivity (Wildman–Crippen MR) is 265 cm³/mol. The van der Waals surface area contributed by atoms with E-state index in [-0.39, 0.29) is 0 Å². The standard InChI is InChI=1S/C58H44P2/c1-41-31-35-43(36-32-41)53-39-45-19-15-17-29-51(45)55(57(53)59(47-21-7-3-8-22-47)48-23-9-4-10-24-48)56-52-30-18-16-20-46(52)40-54(44-37-33-42(2)34-38-44)58(56)60(49-25-11-5-12-26-49)50-27-13-6-14-28-50/h3-40H,1-2H3. The molecule has 0 N–H and O–H groups in total. The molecule has 10 aromatic rings. The van der Waals surface area contributed by atoms with Crippen molar-refractivity contribution in [2.75, 3.05) is 0 Å². The minimum Gasteiger partial charge on any atom is -0.0622 e. The van der Waals surface area contributed by atoms with Crippen molar-refractivity contribution >= 4 is 69.2 Å². The van der Waals surface area contributed by atoms with Crippen LogP contribution in [0.25, 0.3) is 54.9 Å². The maximum atomic E-state index is 2.48. The van der Waals surface area contributed by atoms with E-state index in [0.717, 1.165) is 0 Å². The van der Waals surface area contributed by atoms with E-state index in [1.54, 1.807) is 0 Å². The van der Waals surface area contributed by atoms with Gasteiger partial charge in [-0.1, -0.05) is 230 Å². The first-order chi connectivity index (χ1) is 29.6. The summed E-state index contributed by atoms with van der Waals surface area (Å²) in [7, 11) is -2.14. The molecule has 0 heterocycles. The number of benzene rings is 10. The Labute approximate surface area is 356 Å². The van der Waals surface area contributed by atoms with Crippen molar-refractivity contribution in [3.05, 3.63) is 242 Å². The highest BCUT2D eigenvalue weighted by Crippen LogP contribution is 2.50. The lowest BCUT2D eigenvalue weighted by Gasteiger charge is -2.32. The highest BCUT2D eigenvalue weighted by Gasteiger charge is 2.32. The zero-order valence-corrected chi connectivity index (χ0v) is 35.6. The number of aryl methyl sites for hydroxylation is 2. The van der Waals surface area contributed by atoms with Gasteiger partial charge >= 0.3 is 0 Å². The first-order valence-electron chi connectivity index (χ1n) is 20.7. The molecule has 0 amide bonds. The Hall–Kier alpha value is -6.42. The molecule has 0 aromatic heterocycles. The van der Waals surface area contributed by atoms with Gasteiger partial charge in [0.2, 0.25) is 0 Å². The van der Waals surface area contributed by atoms with Gasteiger partial charge in [-0.25, -0.2) is 0 Å². The summed E-state index contributed by atoms with van der Waals surface area (Å²) in [6.07, 6.45) is 0. The van der Waals surface area contributed by atoms with Gasteiger partial charge < -0.3 is 0 Å². The smallest absolute Gasteiger partial charge is 0.00129 e. The summed E-state index contributed by atoms with van der Waals surface area (Å²) in [4.78, 5) is 0. The molecule has 2 heteroatoms. The van der Waals surface area contributed by atoms with E-state index < -0.39 is 15.8 Å². The molecule has 0 spiro atoms. The van der Waals surface area contributed by atoms with Crippen molar-refractivity contribution in [3.8, 4) is 33.4 Å². The molecule has 0 radical (unpaired) electrons. The van der Waals surface area contributed by atoms with Gasteiger partial charge in [-0.05, 0) is 118 Å². The van der Waals surface area contributed by atoms with E-state index >= 15 is 0 Å². The number of hydrogen-bond acceptors (Lipinski definition) is 0. The van der Waals surface area contributed by atoms with Crippen LogP contribution in [-0.4, -0.2) is 0 Å². The summed E-state index contributed by atoms with van der Waals surface area (Å²) in [5, 5.41) is 13.1. The maximum Gasteiger partial charge on any atom is 0.00129 e. The zero-order valence-electron chi connectivity index (χ0n) is 33.8. The molecule has 0 aliphatic carbocycles. The van der Waals surface area contributed by atoms with Crippen LogP contribution in [0.4, 0.5) is 0 Å². The fourth-order valence-corrected chi connectivity index (χ4v) is 14.0. The molecule has 0 nitrogen and oxygen atoms in total. The minimum atomic E-state index is -1.07. The molecular weight excluding hydrogens is 759 g/mol. The Bertz CT molecular complexity index is 2770. The van der Waals surface area contributed by atoms with Gasteiger partial charge in [0.05, 0.1) is 0 Å². The molecule has 60 heavy (non-hydrogen) atoms. The van der Waals surface area contributed by atoms with Gasteiger partial charge in [0, 0.05) is 10.6 Å². The van der Waals surface area contributed by atoms with Crippen molar-refractivity contribution < 1.29 is 0 Å². The van der Waals surface area contributed by atoms with Crippen LogP contribution in [0.3, 0.4) is 0 Å². The lowest BCUT2D eigenvalue weighted by atomic mass is 9.87. The van der Waals surface area contributed by atoms with E-state index in [0.29, 0.717) is 0 Å². The van der Waals surface area contributed by atoms with Crippen molar-refractivity contribution in [1.82, 2.24) is 0 Å². The quantitative estimate of drug-likeness (QED) is 0.128. The molecule has 0 aliphatic rings. The lowest BCUT2D eigenvalue weighted by molar-refractivity contribution is 1.47. The molecule has 0 bridgehead atoms. The highest BCUT2D eigenvalue weighted by molar-refractivity contribution is 7.81. The van der Waals surface area contributed by atoms with Crippen LogP contribution in [0.15, 0.2) is 231 Å². The predicted octanol–water partition coefficient (Wildman–Crippen LogP) is 13.1. The monoisotopic (exact) mass is 802 g/mol. The summed E-state index contributed by atoms with van der Waals surface area (Å²) in [6, 6.07) is 86.6. The molecule has 0 saturated heterocycles. The lowest BCUT2D eigenvalue weighted by Crippen LogP contribution is -2.28. The average molecular weight is 803 g/mol. The fourth-order valence-electron chi connectivity index (χ4n) is 8.67. The summed E-state index contributed by atoms with van der Waals surface area (Å²) >= 11 is 0. The van der Waals surface area contributed by atoms with Crippen molar-refractivity contribution in [2.45, 2.75) is 13.8 Å². The van der Waals surface area contributed by atoms with E-state index in [1.807, 2.05) is 0 Å². The van der Waals surface area contributed by atoms with Crippen LogP contribution < -0.4 is 31.8 Å². The Morgan fingerprint density at radius 2 is 0.567 bits per heavy atom. The van der Waals surface area contributed by atoms with Crippen LogP contribution in [0.5, 0.6) is 0 Å². The van der Waals surface area contributed by atoms with Gasteiger partial charge in [-0.3, -0.25) is 0 Å². The second kappa shape index (κ2) is 16.7. The van der Waals surface area contributed by atoms with Crippen molar-refractivity contribution in [1.29, 1.82) is 0 Å². The van der Waals surface area contributed by atoms with Crippen LogP contribution in [-0.2, 0) is 0 Å². The maximum absolute atomic E-state index is 2.48. The van der Waals surface area contributed by atoms with Crippen LogP contribution in [0, 0.1) is 13.8 Å². The van der Waals surface area contributed by atoms with Crippen LogP contribution in [0.2, 0.25) is 0 Å². The Morgan fingerprint density at radius 3 is 0.883 bits per heavy atom. The first kappa shape index (κ1) is 37.8. The number of rotatable bonds is 9. The summed E-state index contributed by atoms with van der Waals surface area (Å²) < 4.78 is 0. The summed E-state index contributed by atoms with van der Waals surface area (Å²) in [6.45, 7) is 4.36. The summed E-state index contributed by atoms with van der Waals surface area (Å²) in [5.74, 6) is 0. The van der Waals surface area contributed by atoms with Crippen molar-refractivity contribution in [3.63, 3.8) is 0 Å². The second-order valence-corrected chi connectivity index (χ2v) is 19.8. The average Bonchev–Trinajstić information content (AvgIpc) is 3.31. The Kier molecular flexibility index (Phi) is 10.5. The highest BCUT2D eigenvalue weighted by atomic mass is 31.1. The SMILES string of the molecule is Cc1ccc(-c2cc3ccccc3c(-c3c(P(c4ccccc4)c4ccccc4)c(-c4ccc(C)cc4)cc4ccccc34)c2P(c2ccccc2)c2ccccc2)cc1. The largest absolute Gasteiger partial charge is 0.0622 e. The molecule has 10 rings (SSSR count). The first-order valence-corrected chi connectivity index (χ1v) is 23.4. The molecule has 0 atom stereocenters. The molecule has 286 valence electrons. The van der Waals surface area contributed by atoms with Crippen molar-refractivity contribution in [2.24, 2.45) is 0 Å². The normalized spacial score (nSPS) is 11.5. The topological polar surface area (TPSA) is 0 Å². The third-order valence-electron chi connectivity index (χ3n) is 11.5. The molecule has 10 aromatic carbocycles. The number of hydrogen-bond donors (Lipinski definition) is 0. The number of fused-ring (bicyclic) bond motifs is 2. The Balaban J connectivity index is 1.48. The van der Waals surface area contributed by atoms with E-state index in [4.69, 9.17) is 0 Å².